The number of hydrogen-bond donors (Lipinski definition) is 2. The second-order valence-corrected chi connectivity index (χ2v) is 10.1. The SMILES string of the molecule is C[C@@H](O)[C@H]1C(=O)N2C(C(=O)[O-])=C(SC3CN(c4nc(C(=O)N5CC(O)C5)co4)C3)[C@H](C)[C@H]12. The van der Waals surface area contributed by atoms with E-state index in [4.69, 9.17) is 4.42 Å². The van der Waals surface area contributed by atoms with Gasteiger partial charge in [0, 0.05) is 42.3 Å². The summed E-state index contributed by atoms with van der Waals surface area (Å²) in [6.07, 6.45) is -0.0422. The molecule has 4 aliphatic rings. The number of carbonyl (C=O) groups excluding carboxylic acids is 3. The Balaban J connectivity index is 1.23. The third kappa shape index (κ3) is 3.11. The highest BCUT2D eigenvalue weighted by atomic mass is 32.2. The van der Waals surface area contributed by atoms with Crippen LogP contribution in [0.5, 0.6) is 0 Å². The number of carboxylic acids is 1. The van der Waals surface area contributed by atoms with Crippen LogP contribution in [-0.2, 0) is 9.59 Å². The number of β-lactam (4-membered cyclic amide) rings is 1. The van der Waals surface area contributed by atoms with Crippen molar-refractivity contribution >= 4 is 35.6 Å². The van der Waals surface area contributed by atoms with Gasteiger partial charge in [-0.15, -0.1) is 11.8 Å². The molecule has 1 aromatic heterocycles. The molecule has 3 fully saturated rings. The topological polar surface area (TPSA) is 150 Å². The number of β-amino-alcohol motifs (C(OH)–C–C–N with tert-alkyl or cyclic N) is 1. The molecule has 0 bridgehead atoms. The predicted molar refractivity (Wildman–Crippen MR) is 109 cm³/mol. The summed E-state index contributed by atoms with van der Waals surface area (Å²) in [5, 5.41) is 31.1. The maximum Gasteiger partial charge on any atom is 0.298 e. The first-order valence-corrected chi connectivity index (χ1v) is 11.4. The maximum absolute atomic E-state index is 12.4. The minimum atomic E-state index is -1.39. The van der Waals surface area contributed by atoms with Gasteiger partial charge in [0.05, 0.1) is 35.8 Å². The van der Waals surface area contributed by atoms with Gasteiger partial charge >= 0.3 is 0 Å². The van der Waals surface area contributed by atoms with Crippen LogP contribution < -0.4 is 10.0 Å². The predicted octanol–water partition coefficient (Wildman–Crippen LogP) is -1.77. The molecule has 0 aliphatic carbocycles. The number of anilines is 1. The Kier molecular flexibility index (Phi) is 4.98. The van der Waals surface area contributed by atoms with Crippen LogP contribution in [0.2, 0.25) is 0 Å². The highest BCUT2D eigenvalue weighted by Crippen LogP contribution is 2.51. The highest BCUT2D eigenvalue weighted by molar-refractivity contribution is 8.03. The zero-order chi connectivity index (χ0) is 22.9. The molecule has 5 heterocycles. The first kappa shape index (κ1) is 21.3. The summed E-state index contributed by atoms with van der Waals surface area (Å²) < 4.78 is 5.43. The molecule has 1 aromatic rings. The van der Waals surface area contributed by atoms with Gasteiger partial charge in [0.15, 0.2) is 5.69 Å². The third-order valence-electron chi connectivity index (χ3n) is 6.57. The Hall–Kier alpha value is -2.57. The number of carboxylic acid groups (broad SMARTS) is 1. The third-order valence-corrected chi connectivity index (χ3v) is 8.03. The average Bonchev–Trinajstić information content (AvgIpc) is 3.23. The molecule has 2 amide bonds. The molecular formula is C20H23N4O7S-. The van der Waals surface area contributed by atoms with Gasteiger partial charge in [0.1, 0.15) is 6.26 Å². The van der Waals surface area contributed by atoms with Crippen LogP contribution in [0.3, 0.4) is 0 Å². The molecule has 0 spiro atoms. The Morgan fingerprint density at radius 3 is 2.59 bits per heavy atom. The number of hydrogen-bond acceptors (Lipinski definition) is 10. The molecule has 12 heteroatoms. The number of aliphatic hydroxyl groups excluding tert-OH is 2. The monoisotopic (exact) mass is 463 g/mol. The molecule has 11 nitrogen and oxygen atoms in total. The van der Waals surface area contributed by atoms with Crippen LogP contribution >= 0.6 is 11.8 Å². The number of rotatable bonds is 6. The Morgan fingerprint density at radius 2 is 2.00 bits per heavy atom. The Morgan fingerprint density at radius 1 is 1.31 bits per heavy atom. The number of thioether (sulfide) groups is 1. The van der Waals surface area contributed by atoms with Crippen molar-refractivity contribution < 1.29 is 34.1 Å². The van der Waals surface area contributed by atoms with Gasteiger partial charge in [-0.2, -0.15) is 4.98 Å². The quantitative estimate of drug-likeness (QED) is 0.464. The van der Waals surface area contributed by atoms with E-state index in [0.717, 1.165) is 0 Å². The first-order valence-electron chi connectivity index (χ1n) is 10.5. The summed E-state index contributed by atoms with van der Waals surface area (Å²) in [4.78, 5) is 45.9. The summed E-state index contributed by atoms with van der Waals surface area (Å²) in [5.41, 5.74) is 0.0926. The smallest absolute Gasteiger partial charge is 0.298 e. The number of aromatic nitrogens is 1. The fourth-order valence-corrected chi connectivity index (χ4v) is 6.32. The first-order chi connectivity index (χ1) is 15.2. The molecule has 0 unspecified atom stereocenters. The number of fused-ring (bicyclic) bond motifs is 1. The summed E-state index contributed by atoms with van der Waals surface area (Å²) in [6, 6.07) is -0.0533. The molecule has 0 saturated carbocycles. The molecule has 172 valence electrons. The van der Waals surface area contributed by atoms with Crippen LogP contribution in [0.4, 0.5) is 6.01 Å². The van der Waals surface area contributed by atoms with Gasteiger partial charge in [-0.3, -0.25) is 9.59 Å². The fraction of sp³-hybridized carbons (Fsp3) is 0.600. The van der Waals surface area contributed by atoms with Gasteiger partial charge in [0.2, 0.25) is 5.91 Å². The van der Waals surface area contributed by atoms with Gasteiger partial charge in [0.25, 0.3) is 11.9 Å². The zero-order valence-corrected chi connectivity index (χ0v) is 18.3. The van der Waals surface area contributed by atoms with Crippen molar-refractivity contribution in [1.82, 2.24) is 14.8 Å². The maximum atomic E-state index is 12.4. The minimum Gasteiger partial charge on any atom is -0.543 e. The lowest BCUT2D eigenvalue weighted by Crippen LogP contribution is -2.64. The van der Waals surface area contributed by atoms with Crippen molar-refractivity contribution in [3.8, 4) is 0 Å². The van der Waals surface area contributed by atoms with Crippen molar-refractivity contribution in [1.29, 1.82) is 0 Å². The van der Waals surface area contributed by atoms with E-state index in [9.17, 15) is 29.7 Å². The molecule has 0 radical (unpaired) electrons. The van der Waals surface area contributed by atoms with Crippen LogP contribution in [0.25, 0.3) is 0 Å². The number of aliphatic hydroxyl groups is 2. The summed E-state index contributed by atoms with van der Waals surface area (Å²) in [5.74, 6) is -2.87. The van der Waals surface area contributed by atoms with E-state index in [-0.39, 0.29) is 53.5 Å². The van der Waals surface area contributed by atoms with E-state index in [1.54, 1.807) is 6.92 Å². The van der Waals surface area contributed by atoms with Gasteiger partial charge in [-0.05, 0) is 6.92 Å². The summed E-state index contributed by atoms with van der Waals surface area (Å²) in [6.45, 7) is 5.06. The van der Waals surface area contributed by atoms with Crippen molar-refractivity contribution in [2.24, 2.45) is 11.8 Å². The van der Waals surface area contributed by atoms with Crippen LogP contribution in [0, 0.1) is 11.8 Å². The highest BCUT2D eigenvalue weighted by Gasteiger charge is 2.59. The number of likely N-dealkylation sites (tertiary alicyclic amines) is 1. The largest absolute Gasteiger partial charge is 0.543 e. The molecule has 0 aromatic carbocycles. The van der Waals surface area contributed by atoms with E-state index < -0.39 is 24.1 Å². The van der Waals surface area contributed by atoms with Gasteiger partial charge in [-0.25, -0.2) is 0 Å². The number of amides is 2. The molecular weight excluding hydrogens is 440 g/mol. The van der Waals surface area contributed by atoms with Crippen LogP contribution in [-0.4, -0.2) is 92.5 Å². The lowest BCUT2D eigenvalue weighted by Gasteiger charge is -2.47. The Labute approximate surface area is 187 Å². The number of oxazole rings is 1. The summed E-state index contributed by atoms with van der Waals surface area (Å²) in [7, 11) is 0. The van der Waals surface area contributed by atoms with Crippen LogP contribution in [0.1, 0.15) is 24.3 Å². The fourth-order valence-electron chi connectivity index (χ4n) is 4.81. The van der Waals surface area contributed by atoms with Crippen LogP contribution in [0.15, 0.2) is 21.3 Å². The van der Waals surface area contributed by atoms with E-state index in [2.05, 4.69) is 4.98 Å². The van der Waals surface area contributed by atoms with Crippen molar-refractivity contribution in [2.45, 2.75) is 37.3 Å². The number of aliphatic carboxylic acids is 1. The number of carbonyl (C=O) groups is 3. The Bertz CT molecular complexity index is 1010. The second kappa shape index (κ2) is 7.49. The van der Waals surface area contributed by atoms with Gasteiger partial charge < -0.3 is 39.2 Å². The van der Waals surface area contributed by atoms with Gasteiger partial charge in [-0.1, -0.05) is 6.92 Å². The van der Waals surface area contributed by atoms with Crippen molar-refractivity contribution in [3.63, 3.8) is 0 Å². The van der Waals surface area contributed by atoms with E-state index in [1.165, 1.54) is 27.8 Å². The van der Waals surface area contributed by atoms with Crippen molar-refractivity contribution in [2.75, 3.05) is 31.1 Å². The molecule has 2 N–H and O–H groups in total. The molecule has 3 saturated heterocycles. The molecule has 32 heavy (non-hydrogen) atoms. The molecule has 5 rings (SSSR count). The summed E-state index contributed by atoms with van der Waals surface area (Å²) >= 11 is 1.40. The van der Waals surface area contributed by atoms with E-state index in [0.29, 0.717) is 24.0 Å². The van der Waals surface area contributed by atoms with E-state index >= 15 is 0 Å². The molecule has 4 atom stereocenters. The lowest BCUT2D eigenvalue weighted by molar-refractivity contribution is -0.301. The van der Waals surface area contributed by atoms with Crippen molar-refractivity contribution in [3.05, 3.63) is 22.6 Å². The standard InChI is InChI=1S/C20H24N4O7S/c1-8-14-13(9(2)25)18(28)24(14)15(19(29)30)16(8)32-11-5-23(6-11)20-21-12(7-31-20)17(27)22-3-10(26)4-22/h7-11,13-14,25-26H,3-6H2,1-2H3,(H,29,30)/p-1/t8-,9-,13-,14-/m1/s1. The second-order valence-electron chi connectivity index (χ2n) is 8.78. The zero-order valence-electron chi connectivity index (χ0n) is 17.5. The number of nitrogens with zero attached hydrogens (tertiary/aromatic N) is 4. The lowest BCUT2D eigenvalue weighted by atomic mass is 9.79. The average molecular weight is 463 g/mol. The molecule has 4 aliphatic heterocycles. The normalized spacial score (nSPS) is 28.9. The minimum absolute atomic E-state index is 0.0529. The van der Waals surface area contributed by atoms with E-state index in [1.807, 2.05) is 11.8 Å².